The van der Waals surface area contributed by atoms with Crippen LogP contribution in [-0.4, -0.2) is 11.2 Å². The van der Waals surface area contributed by atoms with Crippen LogP contribution in [0.2, 0.25) is 0 Å². The molecule has 0 spiro atoms. The lowest BCUT2D eigenvalue weighted by molar-refractivity contribution is 0.103. The van der Waals surface area contributed by atoms with E-state index < -0.39 is 0 Å². The van der Waals surface area contributed by atoms with Gasteiger partial charge in [0.15, 0.2) is 0 Å². The van der Waals surface area contributed by atoms with Crippen LogP contribution in [-0.2, 0) is 0 Å². The summed E-state index contributed by atoms with van der Waals surface area (Å²) in [6.45, 7) is 7.94. The molecule has 0 aromatic carbocycles. The van der Waals surface area contributed by atoms with Crippen LogP contribution in [0.5, 0.6) is 0 Å². The minimum atomic E-state index is -0.105. The van der Waals surface area contributed by atoms with Gasteiger partial charge in [-0.05, 0) is 18.8 Å². The Balaban J connectivity index is 3.38. The number of hydrogen-bond donors (Lipinski definition) is 1. The predicted molar refractivity (Wildman–Crippen MR) is 44.7 cm³/mol. The minimum absolute atomic E-state index is 0.105. The molecule has 0 aromatic heterocycles. The Morgan fingerprint density at radius 1 is 1.40 bits per heavy atom. The summed E-state index contributed by atoms with van der Waals surface area (Å²) in [4.78, 5) is 0. The van der Waals surface area contributed by atoms with Crippen molar-refractivity contribution in [3.63, 3.8) is 0 Å². The molecule has 0 aromatic rings. The van der Waals surface area contributed by atoms with E-state index in [-0.39, 0.29) is 6.10 Å². The summed E-state index contributed by atoms with van der Waals surface area (Å²) in [5.74, 6) is 0.428. The molecule has 0 fully saturated rings. The Labute approximate surface area is 64.5 Å². The van der Waals surface area contributed by atoms with Gasteiger partial charge in [-0.2, -0.15) is 0 Å². The molecule has 0 aliphatic rings. The van der Waals surface area contributed by atoms with Crippen molar-refractivity contribution in [1.29, 1.82) is 0 Å². The predicted octanol–water partition coefficient (Wildman–Crippen LogP) is 2.40. The van der Waals surface area contributed by atoms with Crippen molar-refractivity contribution in [3.05, 3.63) is 6.92 Å². The zero-order valence-electron chi connectivity index (χ0n) is 7.14. The summed E-state index contributed by atoms with van der Waals surface area (Å²) < 4.78 is 0. The van der Waals surface area contributed by atoms with Gasteiger partial charge < -0.3 is 5.11 Å². The van der Waals surface area contributed by atoms with E-state index in [1.807, 2.05) is 0 Å². The van der Waals surface area contributed by atoms with Crippen molar-refractivity contribution in [2.45, 2.75) is 45.6 Å². The summed E-state index contributed by atoms with van der Waals surface area (Å²) in [7, 11) is 0. The third kappa shape index (κ3) is 3.89. The van der Waals surface area contributed by atoms with Gasteiger partial charge in [-0.3, -0.25) is 0 Å². The van der Waals surface area contributed by atoms with Gasteiger partial charge in [-0.1, -0.05) is 33.6 Å². The molecule has 0 rings (SSSR count). The van der Waals surface area contributed by atoms with Gasteiger partial charge in [0, 0.05) is 0 Å². The van der Waals surface area contributed by atoms with Gasteiger partial charge in [-0.25, -0.2) is 0 Å². The van der Waals surface area contributed by atoms with Gasteiger partial charge in [0.2, 0.25) is 0 Å². The SMILES string of the molecule is [CH2]CCC(C)C(O)CCC. The van der Waals surface area contributed by atoms with E-state index >= 15 is 0 Å². The molecule has 0 aliphatic heterocycles. The molecular weight excluding hydrogens is 124 g/mol. The van der Waals surface area contributed by atoms with E-state index in [0.29, 0.717) is 5.92 Å². The minimum Gasteiger partial charge on any atom is -0.393 e. The first-order chi connectivity index (χ1) is 4.72. The Morgan fingerprint density at radius 2 is 2.00 bits per heavy atom. The zero-order valence-corrected chi connectivity index (χ0v) is 7.14. The van der Waals surface area contributed by atoms with E-state index in [9.17, 15) is 5.11 Å². The van der Waals surface area contributed by atoms with Gasteiger partial charge >= 0.3 is 0 Å². The fourth-order valence-corrected chi connectivity index (χ4v) is 1.09. The van der Waals surface area contributed by atoms with E-state index in [1.54, 1.807) is 0 Å². The molecule has 0 heterocycles. The molecule has 2 atom stereocenters. The topological polar surface area (TPSA) is 20.2 Å². The lowest BCUT2D eigenvalue weighted by atomic mass is 9.96. The molecule has 10 heavy (non-hydrogen) atoms. The summed E-state index contributed by atoms with van der Waals surface area (Å²) in [5.41, 5.74) is 0. The molecule has 61 valence electrons. The van der Waals surface area contributed by atoms with Gasteiger partial charge in [0.25, 0.3) is 0 Å². The maximum atomic E-state index is 9.42. The standard InChI is InChI=1S/C9H19O/c1-4-6-8(3)9(10)7-5-2/h8-10H,1,4-7H2,2-3H3. The number of rotatable bonds is 5. The Morgan fingerprint density at radius 3 is 2.40 bits per heavy atom. The molecule has 0 amide bonds. The lowest BCUT2D eigenvalue weighted by Gasteiger charge is -2.16. The van der Waals surface area contributed by atoms with Crippen LogP contribution in [0.4, 0.5) is 0 Å². The van der Waals surface area contributed by atoms with Crippen molar-refractivity contribution in [2.75, 3.05) is 0 Å². The molecule has 0 bridgehead atoms. The summed E-state index contributed by atoms with van der Waals surface area (Å²) in [6.07, 6.45) is 3.87. The van der Waals surface area contributed by atoms with Crippen molar-refractivity contribution >= 4 is 0 Å². The van der Waals surface area contributed by atoms with E-state index in [4.69, 9.17) is 0 Å². The molecule has 0 saturated heterocycles. The highest BCUT2D eigenvalue weighted by Crippen LogP contribution is 2.13. The first-order valence-corrected chi connectivity index (χ1v) is 4.19. The van der Waals surface area contributed by atoms with Crippen LogP contribution in [0.1, 0.15) is 39.5 Å². The van der Waals surface area contributed by atoms with Crippen molar-refractivity contribution in [3.8, 4) is 0 Å². The molecule has 0 saturated carbocycles. The van der Waals surface area contributed by atoms with E-state index in [2.05, 4.69) is 20.8 Å². The van der Waals surface area contributed by atoms with E-state index in [0.717, 1.165) is 25.7 Å². The third-order valence-corrected chi connectivity index (χ3v) is 1.90. The van der Waals surface area contributed by atoms with Crippen LogP contribution >= 0.6 is 0 Å². The highest BCUT2D eigenvalue weighted by molar-refractivity contribution is 4.64. The monoisotopic (exact) mass is 143 g/mol. The second kappa shape index (κ2) is 5.72. The first-order valence-electron chi connectivity index (χ1n) is 4.19. The van der Waals surface area contributed by atoms with Gasteiger partial charge in [-0.15, -0.1) is 0 Å². The van der Waals surface area contributed by atoms with Crippen LogP contribution in [0.3, 0.4) is 0 Å². The van der Waals surface area contributed by atoms with Crippen LogP contribution in [0.25, 0.3) is 0 Å². The molecule has 1 N–H and O–H groups in total. The number of aliphatic hydroxyl groups is 1. The maximum absolute atomic E-state index is 9.42. The van der Waals surface area contributed by atoms with Crippen molar-refractivity contribution in [1.82, 2.24) is 0 Å². The molecule has 1 heteroatoms. The Hall–Kier alpha value is -0.0400. The largest absolute Gasteiger partial charge is 0.393 e. The molecule has 1 nitrogen and oxygen atoms in total. The second-order valence-corrected chi connectivity index (χ2v) is 2.98. The van der Waals surface area contributed by atoms with Crippen LogP contribution in [0, 0.1) is 12.8 Å². The second-order valence-electron chi connectivity index (χ2n) is 2.98. The van der Waals surface area contributed by atoms with Crippen molar-refractivity contribution < 1.29 is 5.11 Å². The summed E-state index contributed by atoms with van der Waals surface area (Å²) in [6, 6.07) is 0. The number of aliphatic hydroxyl groups excluding tert-OH is 1. The molecular formula is C9H19O. The average molecular weight is 143 g/mol. The highest BCUT2D eigenvalue weighted by atomic mass is 16.3. The fraction of sp³-hybridized carbons (Fsp3) is 0.889. The number of hydrogen-bond acceptors (Lipinski definition) is 1. The first kappa shape index (κ1) is 9.96. The molecule has 0 aliphatic carbocycles. The van der Waals surface area contributed by atoms with Gasteiger partial charge in [0.1, 0.15) is 0 Å². The summed E-state index contributed by atoms with van der Waals surface area (Å²) >= 11 is 0. The van der Waals surface area contributed by atoms with Crippen LogP contribution < -0.4 is 0 Å². The molecule has 2 unspecified atom stereocenters. The average Bonchev–Trinajstić information content (AvgIpc) is 1.89. The normalized spacial score (nSPS) is 16.8. The smallest absolute Gasteiger partial charge is 0.0565 e. The Bertz CT molecular complexity index is 61.1. The summed E-state index contributed by atoms with van der Waals surface area (Å²) in [5, 5.41) is 9.42. The fourth-order valence-electron chi connectivity index (χ4n) is 1.09. The van der Waals surface area contributed by atoms with Crippen LogP contribution in [0.15, 0.2) is 0 Å². The van der Waals surface area contributed by atoms with Gasteiger partial charge in [0.05, 0.1) is 6.10 Å². The maximum Gasteiger partial charge on any atom is 0.0565 e. The Kier molecular flexibility index (Phi) is 5.70. The van der Waals surface area contributed by atoms with Crippen molar-refractivity contribution in [2.24, 2.45) is 5.92 Å². The molecule has 1 radical (unpaired) electrons. The highest BCUT2D eigenvalue weighted by Gasteiger charge is 2.10. The lowest BCUT2D eigenvalue weighted by Crippen LogP contribution is -2.16. The third-order valence-electron chi connectivity index (χ3n) is 1.90. The quantitative estimate of drug-likeness (QED) is 0.626. The zero-order chi connectivity index (χ0) is 7.98. The van der Waals surface area contributed by atoms with E-state index in [1.165, 1.54) is 0 Å².